The van der Waals surface area contributed by atoms with Gasteiger partial charge in [0.15, 0.2) is 18.0 Å². The number of hydrogen-bond acceptors (Lipinski definition) is 4. The number of pyridine rings is 1. The van der Waals surface area contributed by atoms with Gasteiger partial charge in [0, 0.05) is 18.1 Å². The Kier molecular flexibility index (Phi) is 4.15. The number of carboxylic acid groups (broad SMARTS) is 1. The fraction of sp³-hybridized carbons (Fsp3) is 0.118. The van der Waals surface area contributed by atoms with Crippen LogP contribution in [0.4, 0.5) is 5.69 Å². The Balaban J connectivity index is 1.63. The summed E-state index contributed by atoms with van der Waals surface area (Å²) in [5, 5.41) is 11.5. The van der Waals surface area contributed by atoms with Crippen LogP contribution in [-0.4, -0.2) is 33.0 Å². The second-order valence-electron chi connectivity index (χ2n) is 5.20. The van der Waals surface area contributed by atoms with Crippen molar-refractivity contribution < 1.29 is 19.4 Å². The van der Waals surface area contributed by atoms with E-state index in [-0.39, 0.29) is 18.1 Å². The van der Waals surface area contributed by atoms with E-state index in [9.17, 15) is 9.59 Å². The molecule has 0 bridgehead atoms. The molecule has 1 aromatic carbocycles. The summed E-state index contributed by atoms with van der Waals surface area (Å²) in [5.41, 5.74) is 2.16. The maximum atomic E-state index is 12.0. The zero-order valence-corrected chi connectivity index (χ0v) is 12.9. The number of anilines is 1. The molecule has 0 aliphatic heterocycles. The number of amides is 1. The summed E-state index contributed by atoms with van der Waals surface area (Å²) < 4.78 is 7.37. The summed E-state index contributed by atoms with van der Waals surface area (Å²) in [4.78, 5) is 27.1. The van der Waals surface area contributed by atoms with E-state index in [0.29, 0.717) is 17.1 Å². The number of aromatic carboxylic acids is 1. The average molecular weight is 325 g/mol. The number of aromatic nitrogens is 2. The number of nitrogens with zero attached hydrogens (tertiary/aromatic N) is 2. The molecule has 2 aromatic heterocycles. The first-order chi connectivity index (χ1) is 11.5. The lowest BCUT2D eigenvalue weighted by Crippen LogP contribution is -2.20. The third kappa shape index (κ3) is 3.35. The van der Waals surface area contributed by atoms with Gasteiger partial charge in [-0.3, -0.25) is 4.79 Å². The molecule has 0 aliphatic carbocycles. The van der Waals surface area contributed by atoms with Gasteiger partial charge in [0.1, 0.15) is 0 Å². The third-order valence-electron chi connectivity index (χ3n) is 3.34. The number of carbonyl (C=O) groups excluding carboxylic acids is 1. The Hall–Kier alpha value is -3.35. The molecular weight excluding hydrogens is 310 g/mol. The summed E-state index contributed by atoms with van der Waals surface area (Å²) in [5.74, 6) is -0.843. The van der Waals surface area contributed by atoms with Crippen LogP contribution in [0.3, 0.4) is 0 Å². The standard InChI is InChI=1S/C17H15N3O4/c1-11-9-20-8-2-3-14(16(20)18-11)24-10-15(21)19-13-6-4-12(5-7-13)17(22)23/h2-9H,10H2,1H3,(H,19,21)(H,22,23). The van der Waals surface area contributed by atoms with Crippen molar-refractivity contribution in [2.24, 2.45) is 0 Å². The van der Waals surface area contributed by atoms with Crippen LogP contribution in [0.1, 0.15) is 16.1 Å². The molecule has 3 aromatic rings. The molecule has 0 saturated heterocycles. The highest BCUT2D eigenvalue weighted by molar-refractivity contribution is 5.93. The van der Waals surface area contributed by atoms with Crippen LogP contribution in [-0.2, 0) is 4.79 Å². The minimum Gasteiger partial charge on any atom is -0.480 e. The Morgan fingerprint density at radius 1 is 1.25 bits per heavy atom. The first kappa shape index (κ1) is 15.5. The summed E-state index contributed by atoms with van der Waals surface area (Å²) in [6.07, 6.45) is 3.72. The number of fused-ring (bicyclic) bond motifs is 1. The molecule has 7 nitrogen and oxygen atoms in total. The van der Waals surface area contributed by atoms with Crippen molar-refractivity contribution in [3.8, 4) is 5.75 Å². The lowest BCUT2D eigenvalue weighted by atomic mass is 10.2. The van der Waals surface area contributed by atoms with Crippen LogP contribution in [0.15, 0.2) is 48.8 Å². The molecule has 2 heterocycles. The highest BCUT2D eigenvalue weighted by atomic mass is 16.5. The van der Waals surface area contributed by atoms with Gasteiger partial charge in [0.2, 0.25) is 0 Å². The maximum Gasteiger partial charge on any atom is 0.335 e. The zero-order valence-electron chi connectivity index (χ0n) is 12.9. The summed E-state index contributed by atoms with van der Waals surface area (Å²) in [7, 11) is 0. The van der Waals surface area contributed by atoms with E-state index in [4.69, 9.17) is 9.84 Å². The number of benzene rings is 1. The third-order valence-corrected chi connectivity index (χ3v) is 3.34. The molecule has 3 rings (SSSR count). The van der Waals surface area contributed by atoms with Crippen LogP contribution in [0, 0.1) is 6.92 Å². The molecule has 122 valence electrons. The van der Waals surface area contributed by atoms with Gasteiger partial charge in [-0.15, -0.1) is 0 Å². The monoisotopic (exact) mass is 325 g/mol. The quantitative estimate of drug-likeness (QED) is 0.751. The normalized spacial score (nSPS) is 10.5. The van der Waals surface area contributed by atoms with Gasteiger partial charge in [-0.05, 0) is 43.3 Å². The number of hydrogen-bond donors (Lipinski definition) is 2. The van der Waals surface area contributed by atoms with Crippen molar-refractivity contribution in [1.29, 1.82) is 0 Å². The molecular formula is C17H15N3O4. The number of aryl methyl sites for hydroxylation is 1. The van der Waals surface area contributed by atoms with E-state index in [1.807, 2.05) is 29.8 Å². The lowest BCUT2D eigenvalue weighted by molar-refractivity contribution is -0.118. The Bertz CT molecular complexity index is 900. The molecule has 0 aliphatic rings. The minimum atomic E-state index is -1.01. The van der Waals surface area contributed by atoms with Gasteiger partial charge in [-0.2, -0.15) is 0 Å². The molecule has 0 saturated carbocycles. The SMILES string of the molecule is Cc1cn2cccc(OCC(=O)Nc3ccc(C(=O)O)cc3)c2n1. The second-order valence-corrected chi connectivity index (χ2v) is 5.20. The highest BCUT2D eigenvalue weighted by Gasteiger charge is 2.09. The number of rotatable bonds is 5. The van der Waals surface area contributed by atoms with Crippen LogP contribution < -0.4 is 10.1 Å². The first-order valence-corrected chi connectivity index (χ1v) is 7.23. The Morgan fingerprint density at radius 2 is 2.00 bits per heavy atom. The molecule has 0 radical (unpaired) electrons. The van der Waals surface area contributed by atoms with Crippen LogP contribution in [0.5, 0.6) is 5.75 Å². The van der Waals surface area contributed by atoms with E-state index in [1.54, 1.807) is 6.07 Å². The van der Waals surface area contributed by atoms with Crippen LogP contribution in [0.25, 0.3) is 5.65 Å². The molecule has 0 spiro atoms. The summed E-state index contributed by atoms with van der Waals surface area (Å²) >= 11 is 0. The lowest BCUT2D eigenvalue weighted by Gasteiger charge is -2.08. The largest absolute Gasteiger partial charge is 0.480 e. The Morgan fingerprint density at radius 3 is 2.71 bits per heavy atom. The fourth-order valence-electron chi connectivity index (χ4n) is 2.26. The molecule has 24 heavy (non-hydrogen) atoms. The summed E-state index contributed by atoms with van der Waals surface area (Å²) in [6.45, 7) is 1.70. The van der Waals surface area contributed by atoms with E-state index in [0.717, 1.165) is 5.69 Å². The number of nitrogens with one attached hydrogen (secondary N) is 1. The molecule has 1 amide bonds. The topological polar surface area (TPSA) is 92.9 Å². The van der Waals surface area contributed by atoms with Crippen molar-refractivity contribution >= 4 is 23.2 Å². The van der Waals surface area contributed by atoms with Crippen molar-refractivity contribution in [3.05, 3.63) is 60.0 Å². The number of ether oxygens (including phenoxy) is 1. The number of carboxylic acids is 1. The van der Waals surface area contributed by atoms with Gasteiger partial charge >= 0.3 is 5.97 Å². The van der Waals surface area contributed by atoms with Crippen molar-refractivity contribution in [1.82, 2.24) is 9.38 Å². The van der Waals surface area contributed by atoms with Gasteiger partial charge in [0.25, 0.3) is 5.91 Å². The molecule has 0 atom stereocenters. The molecule has 2 N–H and O–H groups in total. The zero-order chi connectivity index (χ0) is 17.1. The molecule has 7 heteroatoms. The van der Waals surface area contributed by atoms with E-state index in [2.05, 4.69) is 10.3 Å². The van der Waals surface area contributed by atoms with Gasteiger partial charge in [-0.1, -0.05) is 0 Å². The van der Waals surface area contributed by atoms with Crippen LogP contribution in [0.2, 0.25) is 0 Å². The van der Waals surface area contributed by atoms with E-state index < -0.39 is 5.97 Å². The number of imidazole rings is 1. The fourth-order valence-corrected chi connectivity index (χ4v) is 2.26. The predicted molar refractivity (Wildman–Crippen MR) is 87.5 cm³/mol. The van der Waals surface area contributed by atoms with Gasteiger partial charge < -0.3 is 19.6 Å². The smallest absolute Gasteiger partial charge is 0.335 e. The molecule has 0 fully saturated rings. The van der Waals surface area contributed by atoms with Crippen molar-refractivity contribution in [2.45, 2.75) is 6.92 Å². The van der Waals surface area contributed by atoms with Gasteiger partial charge in [-0.25, -0.2) is 9.78 Å². The number of carbonyl (C=O) groups is 2. The van der Waals surface area contributed by atoms with E-state index >= 15 is 0 Å². The Labute approximate surface area is 137 Å². The average Bonchev–Trinajstić information content (AvgIpc) is 2.94. The minimum absolute atomic E-state index is 0.158. The second kappa shape index (κ2) is 6.41. The highest BCUT2D eigenvalue weighted by Crippen LogP contribution is 2.18. The van der Waals surface area contributed by atoms with Gasteiger partial charge in [0.05, 0.1) is 11.3 Å². The van der Waals surface area contributed by atoms with E-state index in [1.165, 1.54) is 24.3 Å². The van der Waals surface area contributed by atoms with Crippen molar-refractivity contribution in [2.75, 3.05) is 11.9 Å². The maximum absolute atomic E-state index is 12.0. The first-order valence-electron chi connectivity index (χ1n) is 7.23. The summed E-state index contributed by atoms with van der Waals surface area (Å²) in [6, 6.07) is 9.46. The predicted octanol–water partition coefficient (Wildman–Crippen LogP) is 2.36. The van der Waals surface area contributed by atoms with Crippen LogP contribution >= 0.6 is 0 Å². The van der Waals surface area contributed by atoms with Crippen molar-refractivity contribution in [3.63, 3.8) is 0 Å². The molecule has 0 unspecified atom stereocenters.